The van der Waals surface area contributed by atoms with E-state index in [4.69, 9.17) is 10.5 Å². The van der Waals surface area contributed by atoms with Gasteiger partial charge in [0.15, 0.2) is 9.84 Å². The summed E-state index contributed by atoms with van der Waals surface area (Å²) in [7, 11) is -3.40. The molecule has 1 aromatic rings. The predicted molar refractivity (Wildman–Crippen MR) is 93.5 cm³/mol. The number of nitrogens with two attached hydrogens (primary N) is 1. The average molecular weight is 354 g/mol. The number of nitrogens with zero attached hydrogens (tertiary/aromatic N) is 1. The molecule has 1 aliphatic rings. The van der Waals surface area contributed by atoms with Crippen LogP contribution in [0.4, 0.5) is 10.5 Å². The third-order valence-corrected chi connectivity index (χ3v) is 5.79. The van der Waals surface area contributed by atoms with Gasteiger partial charge in [-0.25, -0.2) is 13.2 Å². The highest BCUT2D eigenvalue weighted by atomic mass is 32.2. The molecule has 1 saturated heterocycles. The van der Waals surface area contributed by atoms with Gasteiger partial charge < -0.3 is 15.4 Å². The Labute approximate surface area is 143 Å². The van der Waals surface area contributed by atoms with Gasteiger partial charge >= 0.3 is 6.09 Å². The minimum absolute atomic E-state index is 0.00305. The van der Waals surface area contributed by atoms with Crippen LogP contribution < -0.4 is 5.73 Å². The van der Waals surface area contributed by atoms with Crippen LogP contribution >= 0.6 is 0 Å². The average Bonchev–Trinajstić information content (AvgIpc) is 2.94. The van der Waals surface area contributed by atoms with Gasteiger partial charge in [-0.15, -0.1) is 0 Å². The summed E-state index contributed by atoms with van der Waals surface area (Å²) < 4.78 is 30.3. The Hall–Kier alpha value is -1.76. The van der Waals surface area contributed by atoms with Gasteiger partial charge in [0.05, 0.1) is 16.7 Å². The third kappa shape index (κ3) is 4.01. The number of benzene rings is 1. The smallest absolute Gasteiger partial charge is 0.410 e. The lowest BCUT2D eigenvalue weighted by molar-refractivity contribution is 0.0222. The zero-order valence-electron chi connectivity index (χ0n) is 14.7. The summed E-state index contributed by atoms with van der Waals surface area (Å²) >= 11 is 0. The molecule has 0 bridgehead atoms. The Morgan fingerprint density at radius 2 is 2.04 bits per heavy atom. The third-order valence-electron chi connectivity index (χ3n) is 3.99. The van der Waals surface area contributed by atoms with Gasteiger partial charge in [0, 0.05) is 12.2 Å². The molecule has 1 fully saturated rings. The number of likely N-dealkylation sites (tertiary alicyclic amines) is 1. The lowest BCUT2D eigenvalue weighted by atomic mass is 10.0. The maximum absolute atomic E-state index is 12.5. The standard InChI is InChI=1S/C17H26N2O4S/c1-5-24(21,22)15-9-8-12(18)11-13(15)14-7-6-10-19(14)16(20)23-17(2,3)4/h8-9,11,14H,5-7,10,18H2,1-4H3/t14-/m0/s1. The van der Waals surface area contributed by atoms with Crippen molar-refractivity contribution in [2.24, 2.45) is 0 Å². The van der Waals surface area contributed by atoms with Crippen molar-refractivity contribution in [2.45, 2.75) is 57.1 Å². The van der Waals surface area contributed by atoms with E-state index in [9.17, 15) is 13.2 Å². The molecule has 1 aliphatic heterocycles. The molecule has 24 heavy (non-hydrogen) atoms. The van der Waals surface area contributed by atoms with Gasteiger partial charge in [-0.05, 0) is 57.4 Å². The van der Waals surface area contributed by atoms with Crippen molar-refractivity contribution in [1.82, 2.24) is 4.90 Å². The molecule has 0 aliphatic carbocycles. The van der Waals surface area contributed by atoms with Crippen LogP contribution in [0.3, 0.4) is 0 Å². The summed E-state index contributed by atoms with van der Waals surface area (Å²) in [6.07, 6.45) is 1.06. The number of ether oxygens (including phenoxy) is 1. The molecule has 1 atom stereocenters. The van der Waals surface area contributed by atoms with Crippen molar-refractivity contribution < 1.29 is 17.9 Å². The maximum atomic E-state index is 12.5. The normalized spacial score (nSPS) is 18.7. The first kappa shape index (κ1) is 18.6. The SMILES string of the molecule is CCS(=O)(=O)c1ccc(N)cc1[C@@H]1CCCN1C(=O)OC(C)(C)C. The summed E-state index contributed by atoms with van der Waals surface area (Å²) in [5, 5.41) is 0. The molecular formula is C17H26N2O4S. The van der Waals surface area contributed by atoms with Crippen LogP contribution in [0.5, 0.6) is 0 Å². The van der Waals surface area contributed by atoms with E-state index in [1.165, 1.54) is 6.07 Å². The maximum Gasteiger partial charge on any atom is 0.410 e. The van der Waals surface area contributed by atoms with Crippen molar-refractivity contribution in [1.29, 1.82) is 0 Å². The van der Waals surface area contributed by atoms with Crippen LogP contribution in [0.2, 0.25) is 0 Å². The Morgan fingerprint density at radius 1 is 1.38 bits per heavy atom. The van der Waals surface area contributed by atoms with Crippen molar-refractivity contribution in [3.05, 3.63) is 23.8 Å². The van der Waals surface area contributed by atoms with E-state index in [0.717, 1.165) is 6.42 Å². The Bertz CT molecular complexity index is 723. The summed E-state index contributed by atoms with van der Waals surface area (Å²) in [4.78, 5) is 14.3. The van der Waals surface area contributed by atoms with E-state index < -0.39 is 21.5 Å². The molecule has 134 valence electrons. The number of hydrogen-bond acceptors (Lipinski definition) is 5. The monoisotopic (exact) mass is 354 g/mol. The Balaban J connectivity index is 2.43. The van der Waals surface area contributed by atoms with E-state index in [1.54, 1.807) is 24.0 Å². The van der Waals surface area contributed by atoms with E-state index in [-0.39, 0.29) is 16.7 Å². The molecule has 0 aromatic heterocycles. The van der Waals surface area contributed by atoms with Crippen LogP contribution in [0, 0.1) is 0 Å². The van der Waals surface area contributed by atoms with Crippen LogP contribution in [0.25, 0.3) is 0 Å². The fourth-order valence-electron chi connectivity index (χ4n) is 2.90. The molecule has 2 N–H and O–H groups in total. The van der Waals surface area contributed by atoms with Crippen molar-refractivity contribution in [3.8, 4) is 0 Å². The van der Waals surface area contributed by atoms with Gasteiger partial charge in [0.2, 0.25) is 0 Å². The van der Waals surface area contributed by atoms with Gasteiger partial charge in [-0.2, -0.15) is 0 Å². The van der Waals surface area contributed by atoms with Crippen molar-refractivity contribution >= 4 is 21.6 Å². The number of nitrogen functional groups attached to an aromatic ring is 1. The molecule has 2 rings (SSSR count). The predicted octanol–water partition coefficient (Wildman–Crippen LogP) is 3.13. The lowest BCUT2D eigenvalue weighted by Gasteiger charge is -2.29. The van der Waals surface area contributed by atoms with Crippen molar-refractivity contribution in [2.75, 3.05) is 18.0 Å². The van der Waals surface area contributed by atoms with Crippen LogP contribution in [0.1, 0.15) is 52.1 Å². The first-order chi connectivity index (χ1) is 11.0. The lowest BCUT2D eigenvalue weighted by Crippen LogP contribution is -2.36. The van der Waals surface area contributed by atoms with E-state index >= 15 is 0 Å². The van der Waals surface area contributed by atoms with Crippen LogP contribution in [-0.2, 0) is 14.6 Å². The van der Waals surface area contributed by atoms with Crippen LogP contribution in [-0.4, -0.2) is 37.3 Å². The van der Waals surface area contributed by atoms with Gasteiger partial charge in [0.1, 0.15) is 5.60 Å². The summed E-state index contributed by atoms with van der Waals surface area (Å²) in [5.74, 6) is 0.00305. The highest BCUT2D eigenvalue weighted by Crippen LogP contribution is 2.37. The number of carbonyl (C=O) groups excluding carboxylic acids is 1. The van der Waals surface area contributed by atoms with Gasteiger partial charge in [-0.3, -0.25) is 0 Å². The zero-order valence-corrected chi connectivity index (χ0v) is 15.5. The molecule has 1 amide bonds. The first-order valence-corrected chi connectivity index (χ1v) is 9.82. The minimum Gasteiger partial charge on any atom is -0.444 e. The molecule has 7 heteroatoms. The van der Waals surface area contributed by atoms with Crippen molar-refractivity contribution in [3.63, 3.8) is 0 Å². The number of carbonyl (C=O) groups is 1. The molecule has 0 saturated carbocycles. The van der Waals surface area contributed by atoms with Gasteiger partial charge in [-0.1, -0.05) is 6.92 Å². The van der Waals surface area contributed by atoms with E-state index in [0.29, 0.717) is 24.2 Å². The largest absolute Gasteiger partial charge is 0.444 e. The Morgan fingerprint density at radius 3 is 2.62 bits per heavy atom. The number of amides is 1. The molecule has 6 nitrogen and oxygen atoms in total. The number of sulfone groups is 1. The number of hydrogen-bond donors (Lipinski definition) is 1. The number of anilines is 1. The van der Waals surface area contributed by atoms with Gasteiger partial charge in [0.25, 0.3) is 0 Å². The first-order valence-electron chi connectivity index (χ1n) is 8.17. The van der Waals surface area contributed by atoms with E-state index in [1.807, 2.05) is 20.8 Å². The quantitative estimate of drug-likeness (QED) is 0.842. The molecular weight excluding hydrogens is 328 g/mol. The Kier molecular flexibility index (Phi) is 5.13. The fourth-order valence-corrected chi connectivity index (χ4v) is 4.04. The van der Waals surface area contributed by atoms with E-state index in [2.05, 4.69) is 0 Å². The summed E-state index contributed by atoms with van der Waals surface area (Å²) in [5.41, 5.74) is 6.34. The topological polar surface area (TPSA) is 89.7 Å². The zero-order chi connectivity index (χ0) is 18.1. The molecule has 1 aromatic carbocycles. The molecule has 0 spiro atoms. The second kappa shape index (κ2) is 6.63. The second-order valence-corrected chi connectivity index (χ2v) is 9.28. The van der Waals surface area contributed by atoms with Crippen LogP contribution in [0.15, 0.2) is 23.1 Å². The summed E-state index contributed by atoms with van der Waals surface area (Å²) in [6.45, 7) is 7.58. The highest BCUT2D eigenvalue weighted by molar-refractivity contribution is 7.91. The molecule has 1 heterocycles. The second-order valence-electron chi connectivity index (χ2n) is 7.03. The minimum atomic E-state index is -3.40. The summed E-state index contributed by atoms with van der Waals surface area (Å²) in [6, 6.07) is 4.45. The molecule has 0 unspecified atom stereocenters. The molecule has 0 radical (unpaired) electrons. The number of rotatable bonds is 3. The highest BCUT2D eigenvalue weighted by Gasteiger charge is 2.35. The fraction of sp³-hybridized carbons (Fsp3) is 0.588.